The maximum absolute atomic E-state index is 13.5. The first-order valence-electron chi connectivity index (χ1n) is 11.5. The first kappa shape index (κ1) is 22.1. The van der Waals surface area contributed by atoms with Crippen molar-refractivity contribution in [1.82, 2.24) is 10.2 Å². The Morgan fingerprint density at radius 1 is 1.03 bits per heavy atom. The Morgan fingerprint density at radius 3 is 2.72 bits per heavy atom. The first-order valence-corrected chi connectivity index (χ1v) is 11.5. The predicted octanol–water partition coefficient (Wildman–Crippen LogP) is 5.28. The maximum atomic E-state index is 13.5. The Kier molecular flexibility index (Phi) is 7.20. The van der Waals surface area contributed by atoms with Crippen molar-refractivity contribution in [3.63, 3.8) is 0 Å². The van der Waals surface area contributed by atoms with Crippen LogP contribution in [0.4, 0.5) is 14.9 Å². The molecular formula is C26H30FN3O2. The second kappa shape index (κ2) is 10.4. The van der Waals surface area contributed by atoms with Gasteiger partial charge in [-0.2, -0.15) is 0 Å². The average molecular weight is 436 g/mol. The van der Waals surface area contributed by atoms with Crippen LogP contribution in [0.1, 0.15) is 54.4 Å². The molecule has 1 fully saturated rings. The molecule has 1 heterocycles. The summed E-state index contributed by atoms with van der Waals surface area (Å²) in [5.74, 6) is -0.424. The van der Waals surface area contributed by atoms with E-state index in [0.717, 1.165) is 31.2 Å². The number of urea groups is 1. The molecule has 0 atom stereocenters. The zero-order valence-corrected chi connectivity index (χ0v) is 18.4. The van der Waals surface area contributed by atoms with Gasteiger partial charge in [0.05, 0.1) is 0 Å². The van der Waals surface area contributed by atoms with Crippen LogP contribution in [0.3, 0.4) is 0 Å². The van der Waals surface area contributed by atoms with E-state index in [0.29, 0.717) is 37.4 Å². The molecule has 0 saturated carbocycles. The minimum absolute atomic E-state index is 0.121. The number of hydrogen-bond donors (Lipinski definition) is 1. The van der Waals surface area contributed by atoms with E-state index >= 15 is 0 Å². The molecule has 1 aliphatic carbocycles. The number of anilines is 1. The van der Waals surface area contributed by atoms with Crippen molar-refractivity contribution < 1.29 is 14.0 Å². The fraction of sp³-hybridized carbons (Fsp3) is 0.385. The van der Waals surface area contributed by atoms with Gasteiger partial charge in [-0.05, 0) is 74.4 Å². The van der Waals surface area contributed by atoms with Crippen LogP contribution in [0.5, 0.6) is 0 Å². The topological polar surface area (TPSA) is 52.7 Å². The maximum Gasteiger partial charge on any atom is 0.324 e. The number of amides is 3. The van der Waals surface area contributed by atoms with Gasteiger partial charge in [-0.15, -0.1) is 0 Å². The van der Waals surface area contributed by atoms with Gasteiger partial charge in [-0.3, -0.25) is 9.69 Å². The van der Waals surface area contributed by atoms with Crippen molar-refractivity contribution in [2.45, 2.75) is 45.1 Å². The zero-order chi connectivity index (χ0) is 22.3. The Morgan fingerprint density at radius 2 is 1.91 bits per heavy atom. The number of halogens is 1. The molecule has 1 aliphatic heterocycles. The number of carbonyl (C=O) groups excluding carboxylic acids is 2. The summed E-state index contributed by atoms with van der Waals surface area (Å²) in [5.41, 5.74) is 3.46. The van der Waals surface area contributed by atoms with E-state index < -0.39 is 0 Å². The summed E-state index contributed by atoms with van der Waals surface area (Å²) in [4.78, 5) is 29.2. The van der Waals surface area contributed by atoms with Gasteiger partial charge in [0.1, 0.15) is 5.82 Å². The minimum Gasteiger partial charge on any atom is -0.352 e. The standard InChI is InChI=1S/C26H30FN3O2/c27-23-11-4-9-21(17-23)19-29-15-6-16-30(26(29)32)24-12-5-10-22(18-24)25(31)28-14-13-20-7-2-1-3-8-20/h4-5,7,9-12,17-18H,1-3,6,8,13-16,19H2,(H,28,31). The normalized spacial score (nSPS) is 16.7. The van der Waals surface area contributed by atoms with Crippen molar-refractivity contribution in [3.05, 3.63) is 77.1 Å². The van der Waals surface area contributed by atoms with E-state index in [-0.39, 0.29) is 17.8 Å². The molecule has 6 heteroatoms. The monoisotopic (exact) mass is 435 g/mol. The Bertz CT molecular complexity index is 1000. The highest BCUT2D eigenvalue weighted by Gasteiger charge is 2.27. The van der Waals surface area contributed by atoms with Crippen molar-refractivity contribution in [3.8, 4) is 0 Å². The van der Waals surface area contributed by atoms with Crippen LogP contribution in [0.2, 0.25) is 0 Å². The zero-order valence-electron chi connectivity index (χ0n) is 18.4. The van der Waals surface area contributed by atoms with Gasteiger partial charge in [-0.25, -0.2) is 9.18 Å². The van der Waals surface area contributed by atoms with Crippen LogP contribution in [-0.2, 0) is 6.54 Å². The van der Waals surface area contributed by atoms with Crippen molar-refractivity contribution in [2.24, 2.45) is 0 Å². The van der Waals surface area contributed by atoms with E-state index in [9.17, 15) is 14.0 Å². The fourth-order valence-electron chi connectivity index (χ4n) is 4.41. The molecule has 2 aliphatic rings. The highest BCUT2D eigenvalue weighted by Crippen LogP contribution is 2.23. The molecule has 0 unspecified atom stereocenters. The van der Waals surface area contributed by atoms with Gasteiger partial charge in [0.25, 0.3) is 5.91 Å². The van der Waals surface area contributed by atoms with Gasteiger partial charge in [0, 0.05) is 37.4 Å². The highest BCUT2D eigenvalue weighted by molar-refractivity contribution is 5.98. The summed E-state index contributed by atoms with van der Waals surface area (Å²) < 4.78 is 13.5. The number of allylic oxidation sites excluding steroid dienone is 1. The number of nitrogens with one attached hydrogen (secondary N) is 1. The molecular weight excluding hydrogens is 405 g/mol. The molecule has 3 amide bonds. The van der Waals surface area contributed by atoms with E-state index in [2.05, 4.69) is 11.4 Å². The van der Waals surface area contributed by atoms with Crippen LogP contribution >= 0.6 is 0 Å². The fourth-order valence-corrected chi connectivity index (χ4v) is 4.41. The second-order valence-corrected chi connectivity index (χ2v) is 8.50. The van der Waals surface area contributed by atoms with Crippen LogP contribution in [-0.4, -0.2) is 36.5 Å². The highest BCUT2D eigenvalue weighted by atomic mass is 19.1. The smallest absolute Gasteiger partial charge is 0.324 e. The number of carbonyl (C=O) groups is 2. The lowest BCUT2D eigenvalue weighted by Gasteiger charge is -2.35. The van der Waals surface area contributed by atoms with Gasteiger partial charge < -0.3 is 10.2 Å². The van der Waals surface area contributed by atoms with Crippen molar-refractivity contribution >= 4 is 17.6 Å². The molecule has 2 aromatic rings. The predicted molar refractivity (Wildman–Crippen MR) is 124 cm³/mol. The molecule has 1 saturated heterocycles. The van der Waals surface area contributed by atoms with E-state index in [1.165, 1.54) is 30.5 Å². The second-order valence-electron chi connectivity index (χ2n) is 8.50. The summed E-state index contributed by atoms with van der Waals surface area (Å²) in [6.45, 7) is 2.21. The molecule has 4 rings (SSSR count). The van der Waals surface area contributed by atoms with Crippen molar-refractivity contribution in [2.75, 3.05) is 24.5 Å². The summed E-state index contributed by atoms with van der Waals surface area (Å²) in [6.07, 6.45) is 8.78. The third kappa shape index (κ3) is 5.55. The SMILES string of the molecule is O=C(NCCC1=CCCCC1)c1cccc(N2CCCN(Cc3cccc(F)c3)C2=O)c1. The van der Waals surface area contributed by atoms with E-state index in [1.807, 2.05) is 18.2 Å². The van der Waals surface area contributed by atoms with Gasteiger partial charge in [0.15, 0.2) is 0 Å². The number of benzene rings is 2. The van der Waals surface area contributed by atoms with E-state index in [1.54, 1.807) is 28.0 Å². The summed E-state index contributed by atoms with van der Waals surface area (Å²) in [7, 11) is 0. The Labute approximate surface area is 188 Å². The number of nitrogens with zero attached hydrogens (tertiary/aromatic N) is 2. The molecule has 0 radical (unpaired) electrons. The number of hydrogen-bond acceptors (Lipinski definition) is 2. The van der Waals surface area contributed by atoms with Crippen LogP contribution < -0.4 is 10.2 Å². The van der Waals surface area contributed by atoms with E-state index in [4.69, 9.17) is 0 Å². The molecule has 0 aromatic heterocycles. The lowest BCUT2D eigenvalue weighted by Crippen LogP contribution is -2.49. The number of rotatable bonds is 7. The van der Waals surface area contributed by atoms with Gasteiger partial charge in [-0.1, -0.05) is 29.8 Å². The van der Waals surface area contributed by atoms with Gasteiger partial charge in [0.2, 0.25) is 0 Å². The summed E-state index contributed by atoms with van der Waals surface area (Å²) in [6, 6.07) is 13.4. The molecule has 5 nitrogen and oxygen atoms in total. The minimum atomic E-state index is -0.303. The molecule has 2 aromatic carbocycles. The molecule has 168 valence electrons. The van der Waals surface area contributed by atoms with Crippen molar-refractivity contribution in [1.29, 1.82) is 0 Å². The van der Waals surface area contributed by atoms with Crippen LogP contribution in [0, 0.1) is 5.82 Å². The molecule has 32 heavy (non-hydrogen) atoms. The van der Waals surface area contributed by atoms with Crippen LogP contribution in [0.25, 0.3) is 0 Å². The lowest BCUT2D eigenvalue weighted by molar-refractivity contribution is 0.0954. The molecule has 0 bridgehead atoms. The quantitative estimate of drug-likeness (QED) is 0.602. The Hall–Kier alpha value is -3.15. The molecule has 0 spiro atoms. The van der Waals surface area contributed by atoms with Gasteiger partial charge >= 0.3 is 6.03 Å². The molecule has 1 N–H and O–H groups in total. The van der Waals surface area contributed by atoms with Crippen LogP contribution in [0.15, 0.2) is 60.2 Å². The first-order chi connectivity index (χ1) is 15.6. The lowest BCUT2D eigenvalue weighted by atomic mass is 9.97. The average Bonchev–Trinajstić information content (AvgIpc) is 2.81. The Balaban J connectivity index is 1.38. The third-order valence-corrected chi connectivity index (χ3v) is 6.11. The third-order valence-electron chi connectivity index (χ3n) is 6.11. The summed E-state index contributed by atoms with van der Waals surface area (Å²) >= 11 is 0. The summed E-state index contributed by atoms with van der Waals surface area (Å²) in [5, 5.41) is 3.01. The largest absolute Gasteiger partial charge is 0.352 e.